The third-order valence-corrected chi connectivity index (χ3v) is 3.68. The Bertz CT molecular complexity index is 543. The van der Waals surface area contributed by atoms with Gasteiger partial charge in [0.1, 0.15) is 0 Å². The standard InChI is InChI=1S/C16H18BrF3O4/c1-2-3-4-9-23-14(21)11-5-7-12(8-6-11)15(22)24-13(10-17)16(18,19)20/h5-8,13H,2-4,9-10H2,1H3. The van der Waals surface area contributed by atoms with E-state index in [1.165, 1.54) is 24.3 Å². The van der Waals surface area contributed by atoms with Crippen molar-refractivity contribution >= 4 is 27.9 Å². The third kappa shape index (κ3) is 6.51. The molecule has 1 unspecified atom stereocenters. The second kappa shape index (κ2) is 9.66. The van der Waals surface area contributed by atoms with Gasteiger partial charge in [0.25, 0.3) is 0 Å². The summed E-state index contributed by atoms with van der Waals surface area (Å²) >= 11 is 2.66. The minimum absolute atomic E-state index is 0.0762. The molecule has 0 heterocycles. The monoisotopic (exact) mass is 410 g/mol. The molecule has 1 aromatic rings. The lowest BCUT2D eigenvalue weighted by molar-refractivity contribution is -0.196. The van der Waals surface area contributed by atoms with Gasteiger partial charge in [0.2, 0.25) is 6.10 Å². The fourth-order valence-corrected chi connectivity index (χ4v) is 2.22. The van der Waals surface area contributed by atoms with Crippen LogP contribution in [0, 0.1) is 0 Å². The van der Waals surface area contributed by atoms with Crippen molar-refractivity contribution in [1.82, 2.24) is 0 Å². The van der Waals surface area contributed by atoms with E-state index in [0.29, 0.717) is 6.61 Å². The lowest BCUT2D eigenvalue weighted by Gasteiger charge is -2.18. The summed E-state index contributed by atoms with van der Waals surface area (Å²) in [5, 5.41) is -0.551. The van der Waals surface area contributed by atoms with E-state index in [-0.39, 0.29) is 11.1 Å². The zero-order chi connectivity index (χ0) is 18.2. The van der Waals surface area contributed by atoms with Gasteiger partial charge in [-0.2, -0.15) is 13.2 Å². The molecule has 0 saturated carbocycles. The van der Waals surface area contributed by atoms with Gasteiger partial charge in [0, 0.05) is 5.33 Å². The van der Waals surface area contributed by atoms with Gasteiger partial charge >= 0.3 is 18.1 Å². The van der Waals surface area contributed by atoms with E-state index in [1.54, 1.807) is 0 Å². The number of unbranched alkanes of at least 4 members (excludes halogenated alkanes) is 2. The molecule has 1 rings (SSSR count). The van der Waals surface area contributed by atoms with Crippen LogP contribution in [0.4, 0.5) is 13.2 Å². The van der Waals surface area contributed by atoms with Crippen molar-refractivity contribution in [2.75, 3.05) is 11.9 Å². The van der Waals surface area contributed by atoms with Gasteiger partial charge in [0.05, 0.1) is 17.7 Å². The molecule has 0 N–H and O–H groups in total. The van der Waals surface area contributed by atoms with Gasteiger partial charge in [0.15, 0.2) is 0 Å². The maximum atomic E-state index is 12.6. The first-order valence-electron chi connectivity index (χ1n) is 7.40. The molecule has 0 aliphatic carbocycles. The molecule has 4 nitrogen and oxygen atoms in total. The predicted molar refractivity (Wildman–Crippen MR) is 85.3 cm³/mol. The number of benzene rings is 1. The van der Waals surface area contributed by atoms with E-state index in [4.69, 9.17) is 4.74 Å². The molecule has 1 aromatic carbocycles. The zero-order valence-electron chi connectivity index (χ0n) is 13.1. The minimum atomic E-state index is -4.65. The van der Waals surface area contributed by atoms with Crippen LogP contribution >= 0.6 is 15.9 Å². The molecule has 0 fully saturated rings. The molecule has 134 valence electrons. The summed E-state index contributed by atoms with van der Waals surface area (Å²) < 4.78 is 47.2. The summed E-state index contributed by atoms with van der Waals surface area (Å²) in [5.41, 5.74) is 0.142. The smallest absolute Gasteiger partial charge is 0.426 e. The van der Waals surface area contributed by atoms with Crippen LogP contribution in [0.1, 0.15) is 46.9 Å². The molecule has 0 bridgehead atoms. The highest BCUT2D eigenvalue weighted by molar-refractivity contribution is 9.09. The number of esters is 2. The highest BCUT2D eigenvalue weighted by atomic mass is 79.9. The normalized spacial score (nSPS) is 12.5. The average Bonchev–Trinajstić information content (AvgIpc) is 2.55. The first-order valence-corrected chi connectivity index (χ1v) is 8.52. The lowest BCUT2D eigenvalue weighted by Crippen LogP contribution is -2.35. The Morgan fingerprint density at radius 1 is 1.08 bits per heavy atom. The highest BCUT2D eigenvalue weighted by Gasteiger charge is 2.42. The average molecular weight is 411 g/mol. The number of rotatable bonds is 8. The third-order valence-electron chi connectivity index (χ3n) is 3.09. The first kappa shape index (κ1) is 20.5. The van der Waals surface area contributed by atoms with E-state index in [9.17, 15) is 22.8 Å². The summed E-state index contributed by atoms with van der Waals surface area (Å²) in [4.78, 5) is 23.5. The summed E-state index contributed by atoms with van der Waals surface area (Å²) in [6.45, 7) is 2.33. The van der Waals surface area contributed by atoms with E-state index < -0.39 is 29.5 Å². The second-order valence-corrected chi connectivity index (χ2v) is 5.66. The van der Waals surface area contributed by atoms with Crippen molar-refractivity contribution in [3.63, 3.8) is 0 Å². The number of hydrogen-bond donors (Lipinski definition) is 0. The van der Waals surface area contributed by atoms with Crippen molar-refractivity contribution in [3.8, 4) is 0 Å². The van der Waals surface area contributed by atoms with Crippen LogP contribution in [0.25, 0.3) is 0 Å². The van der Waals surface area contributed by atoms with Crippen LogP contribution in [-0.4, -0.2) is 36.2 Å². The quantitative estimate of drug-likeness (QED) is 0.359. The molecule has 0 radical (unpaired) electrons. The van der Waals surface area contributed by atoms with Gasteiger partial charge in [-0.05, 0) is 30.7 Å². The Kier molecular flexibility index (Phi) is 8.24. The van der Waals surface area contributed by atoms with Crippen molar-refractivity contribution in [1.29, 1.82) is 0 Å². The number of alkyl halides is 4. The molecular weight excluding hydrogens is 393 g/mol. The largest absolute Gasteiger partial charge is 0.462 e. The Morgan fingerprint density at radius 2 is 1.62 bits per heavy atom. The Labute approximate surface area is 146 Å². The van der Waals surface area contributed by atoms with Crippen LogP contribution in [0.5, 0.6) is 0 Å². The molecule has 0 spiro atoms. The molecule has 0 saturated heterocycles. The maximum Gasteiger partial charge on any atom is 0.426 e. The van der Waals surface area contributed by atoms with Crippen LogP contribution in [-0.2, 0) is 9.47 Å². The summed E-state index contributed by atoms with van der Waals surface area (Å²) in [6, 6.07) is 5.09. The van der Waals surface area contributed by atoms with Crippen molar-refractivity contribution in [2.45, 2.75) is 38.5 Å². The number of carbonyl (C=O) groups is 2. The fraction of sp³-hybridized carbons (Fsp3) is 0.500. The van der Waals surface area contributed by atoms with Gasteiger partial charge in [-0.15, -0.1) is 0 Å². The SMILES string of the molecule is CCCCCOC(=O)c1ccc(C(=O)OC(CBr)C(F)(F)F)cc1. The van der Waals surface area contributed by atoms with Crippen LogP contribution in [0.3, 0.4) is 0 Å². The van der Waals surface area contributed by atoms with E-state index >= 15 is 0 Å². The number of halogens is 4. The van der Waals surface area contributed by atoms with Crippen LogP contribution in [0.2, 0.25) is 0 Å². The number of hydrogen-bond acceptors (Lipinski definition) is 4. The number of ether oxygens (including phenoxy) is 2. The predicted octanol–water partition coefficient (Wildman–Crippen LogP) is 4.52. The Balaban J connectivity index is 2.63. The molecule has 0 amide bonds. The van der Waals surface area contributed by atoms with Gasteiger partial charge in [-0.3, -0.25) is 0 Å². The maximum absolute atomic E-state index is 12.6. The van der Waals surface area contributed by atoms with E-state index in [0.717, 1.165) is 19.3 Å². The van der Waals surface area contributed by atoms with Gasteiger partial charge in [-0.25, -0.2) is 9.59 Å². The van der Waals surface area contributed by atoms with E-state index in [1.807, 2.05) is 6.92 Å². The molecule has 0 aliphatic rings. The van der Waals surface area contributed by atoms with Crippen molar-refractivity contribution in [2.24, 2.45) is 0 Å². The van der Waals surface area contributed by atoms with E-state index in [2.05, 4.69) is 20.7 Å². The molecule has 8 heteroatoms. The molecule has 0 aromatic heterocycles. The summed E-state index contributed by atoms with van der Waals surface area (Å²) in [6.07, 6.45) is -4.17. The fourth-order valence-electron chi connectivity index (χ4n) is 1.73. The molecular formula is C16H18BrF3O4. The first-order chi connectivity index (χ1) is 11.3. The second-order valence-electron chi connectivity index (χ2n) is 5.01. The van der Waals surface area contributed by atoms with Gasteiger partial charge in [-0.1, -0.05) is 35.7 Å². The zero-order valence-corrected chi connectivity index (χ0v) is 14.7. The highest BCUT2D eigenvalue weighted by Crippen LogP contribution is 2.25. The van der Waals surface area contributed by atoms with Crippen molar-refractivity contribution < 1.29 is 32.2 Å². The molecule has 0 aliphatic heterocycles. The number of carbonyl (C=O) groups excluding carboxylic acids is 2. The van der Waals surface area contributed by atoms with Gasteiger partial charge < -0.3 is 9.47 Å². The molecule has 24 heavy (non-hydrogen) atoms. The minimum Gasteiger partial charge on any atom is -0.462 e. The lowest BCUT2D eigenvalue weighted by atomic mass is 10.1. The van der Waals surface area contributed by atoms with Crippen LogP contribution < -0.4 is 0 Å². The topological polar surface area (TPSA) is 52.6 Å². The summed E-state index contributed by atoms with van der Waals surface area (Å²) in [5.74, 6) is -1.65. The Hall–Kier alpha value is -1.57. The van der Waals surface area contributed by atoms with Crippen molar-refractivity contribution in [3.05, 3.63) is 35.4 Å². The molecule has 1 atom stereocenters. The summed E-state index contributed by atoms with van der Waals surface area (Å²) in [7, 11) is 0. The van der Waals surface area contributed by atoms with Crippen LogP contribution in [0.15, 0.2) is 24.3 Å². The Morgan fingerprint density at radius 3 is 2.08 bits per heavy atom.